The maximum Gasteiger partial charge on any atom is 0.216 e. The van der Waals surface area contributed by atoms with Crippen LogP contribution in [0.2, 0.25) is 0 Å². The van der Waals surface area contributed by atoms with E-state index in [1.807, 2.05) is 6.08 Å². The Morgan fingerprint density at radius 2 is 2.18 bits per heavy atom. The van der Waals surface area contributed by atoms with Crippen LogP contribution in [-0.4, -0.2) is 11.0 Å². The molecule has 62 valence electrons. The summed E-state index contributed by atoms with van der Waals surface area (Å²) >= 11 is 0. The van der Waals surface area contributed by atoms with E-state index in [4.69, 9.17) is 0 Å². The third-order valence-electron chi connectivity index (χ3n) is 2.03. The molecule has 0 saturated heterocycles. The number of rotatable bonds is 1. The monoisotopic (exact) mass is 155 g/mol. The van der Waals surface area contributed by atoms with E-state index < -0.39 is 0 Å². The van der Waals surface area contributed by atoms with Gasteiger partial charge in [0.2, 0.25) is 6.04 Å². The van der Waals surface area contributed by atoms with E-state index in [0.29, 0.717) is 6.42 Å². The maximum atomic E-state index is 10.4. The highest BCUT2D eigenvalue weighted by Gasteiger charge is 2.17. The molecule has 0 bridgehead atoms. The standard InChI is InChI=1S/C8H13NO2/c10-9(11)8-6-4-2-1-3-5-7-8/h2,4,8H,1,3,5-7H2/b4-2-. The van der Waals surface area contributed by atoms with Crippen molar-refractivity contribution in [2.45, 2.75) is 38.1 Å². The van der Waals surface area contributed by atoms with E-state index in [1.165, 1.54) is 0 Å². The van der Waals surface area contributed by atoms with Crippen LogP contribution in [0.4, 0.5) is 0 Å². The summed E-state index contributed by atoms with van der Waals surface area (Å²) < 4.78 is 0. The molecule has 0 fully saturated rings. The minimum Gasteiger partial charge on any atom is -0.264 e. The first-order valence-electron chi connectivity index (χ1n) is 4.09. The molecule has 0 heterocycles. The van der Waals surface area contributed by atoms with Crippen molar-refractivity contribution in [3.63, 3.8) is 0 Å². The average Bonchev–Trinajstić information content (AvgIpc) is 1.84. The van der Waals surface area contributed by atoms with Crippen molar-refractivity contribution in [3.05, 3.63) is 22.3 Å². The molecule has 0 aliphatic heterocycles. The summed E-state index contributed by atoms with van der Waals surface area (Å²) in [5.41, 5.74) is 0. The molecule has 0 aromatic carbocycles. The van der Waals surface area contributed by atoms with Gasteiger partial charge < -0.3 is 0 Å². The lowest BCUT2D eigenvalue weighted by molar-refractivity contribution is -0.522. The van der Waals surface area contributed by atoms with Crippen molar-refractivity contribution in [3.8, 4) is 0 Å². The van der Waals surface area contributed by atoms with Crippen molar-refractivity contribution in [2.24, 2.45) is 0 Å². The Bertz CT molecular complexity index is 165. The minimum absolute atomic E-state index is 0.157. The van der Waals surface area contributed by atoms with Crippen LogP contribution in [0.1, 0.15) is 32.1 Å². The van der Waals surface area contributed by atoms with Gasteiger partial charge in [0.1, 0.15) is 0 Å². The Morgan fingerprint density at radius 1 is 1.36 bits per heavy atom. The molecule has 0 aromatic rings. The van der Waals surface area contributed by atoms with Crippen LogP contribution >= 0.6 is 0 Å². The van der Waals surface area contributed by atoms with Crippen molar-refractivity contribution < 1.29 is 4.92 Å². The lowest BCUT2D eigenvalue weighted by atomic mass is 10.0. The van der Waals surface area contributed by atoms with Crippen LogP contribution in [0.25, 0.3) is 0 Å². The molecule has 1 rings (SSSR count). The van der Waals surface area contributed by atoms with Gasteiger partial charge in [0, 0.05) is 17.8 Å². The van der Waals surface area contributed by atoms with E-state index >= 15 is 0 Å². The lowest BCUT2D eigenvalue weighted by Crippen LogP contribution is -2.18. The number of hydrogen-bond donors (Lipinski definition) is 0. The fourth-order valence-corrected chi connectivity index (χ4v) is 1.32. The topological polar surface area (TPSA) is 43.1 Å². The van der Waals surface area contributed by atoms with Crippen LogP contribution in [0.5, 0.6) is 0 Å². The molecule has 0 radical (unpaired) electrons. The highest BCUT2D eigenvalue weighted by atomic mass is 16.6. The van der Waals surface area contributed by atoms with Gasteiger partial charge >= 0.3 is 0 Å². The van der Waals surface area contributed by atoms with Gasteiger partial charge in [0.25, 0.3) is 0 Å². The van der Waals surface area contributed by atoms with E-state index in [0.717, 1.165) is 25.7 Å². The summed E-state index contributed by atoms with van der Waals surface area (Å²) in [5.74, 6) is 0. The molecule has 11 heavy (non-hydrogen) atoms. The SMILES string of the molecule is O=[N+]([O-])C1C/C=C\CCCC1. The minimum atomic E-state index is -0.327. The predicted octanol–water partition coefficient (Wildman–Crippen LogP) is 2.15. The molecule has 1 atom stereocenters. The van der Waals surface area contributed by atoms with Gasteiger partial charge in [-0.3, -0.25) is 10.1 Å². The highest BCUT2D eigenvalue weighted by molar-refractivity contribution is 4.86. The lowest BCUT2D eigenvalue weighted by Gasteiger charge is -2.08. The highest BCUT2D eigenvalue weighted by Crippen LogP contribution is 2.13. The molecular formula is C8H13NO2. The Labute approximate surface area is 66.3 Å². The molecule has 1 unspecified atom stereocenters. The van der Waals surface area contributed by atoms with Gasteiger partial charge in [0.15, 0.2) is 0 Å². The number of nitro groups is 1. The second-order valence-electron chi connectivity index (χ2n) is 2.93. The third-order valence-corrected chi connectivity index (χ3v) is 2.03. The Hall–Kier alpha value is -0.860. The molecule has 0 saturated carbocycles. The van der Waals surface area contributed by atoms with Crippen LogP contribution in [0, 0.1) is 10.1 Å². The average molecular weight is 155 g/mol. The quantitative estimate of drug-likeness (QED) is 0.331. The van der Waals surface area contributed by atoms with Crippen LogP contribution in [-0.2, 0) is 0 Å². The molecular weight excluding hydrogens is 142 g/mol. The van der Waals surface area contributed by atoms with Gasteiger partial charge in [-0.2, -0.15) is 0 Å². The van der Waals surface area contributed by atoms with Crippen molar-refractivity contribution in [1.29, 1.82) is 0 Å². The molecule has 0 amide bonds. The first-order valence-corrected chi connectivity index (χ1v) is 4.09. The van der Waals surface area contributed by atoms with E-state index in [2.05, 4.69) is 6.08 Å². The number of hydrogen-bond acceptors (Lipinski definition) is 2. The smallest absolute Gasteiger partial charge is 0.216 e. The van der Waals surface area contributed by atoms with E-state index in [1.54, 1.807) is 0 Å². The molecule has 0 spiro atoms. The molecule has 1 aliphatic carbocycles. The number of allylic oxidation sites excluding steroid dienone is 1. The summed E-state index contributed by atoms with van der Waals surface area (Å²) in [7, 11) is 0. The molecule has 0 aromatic heterocycles. The van der Waals surface area contributed by atoms with Crippen LogP contribution in [0.3, 0.4) is 0 Å². The fraction of sp³-hybridized carbons (Fsp3) is 0.750. The van der Waals surface area contributed by atoms with Gasteiger partial charge in [-0.15, -0.1) is 0 Å². The van der Waals surface area contributed by atoms with Crippen molar-refractivity contribution in [1.82, 2.24) is 0 Å². The van der Waals surface area contributed by atoms with Crippen LogP contribution < -0.4 is 0 Å². The summed E-state index contributed by atoms with van der Waals surface area (Å²) in [6.07, 6.45) is 8.54. The summed E-state index contributed by atoms with van der Waals surface area (Å²) in [6.45, 7) is 0. The van der Waals surface area contributed by atoms with Crippen molar-refractivity contribution in [2.75, 3.05) is 0 Å². The molecule has 0 N–H and O–H groups in total. The Morgan fingerprint density at radius 3 is 2.91 bits per heavy atom. The fourth-order valence-electron chi connectivity index (χ4n) is 1.32. The first-order chi connectivity index (χ1) is 5.30. The largest absolute Gasteiger partial charge is 0.264 e. The first kappa shape index (κ1) is 8.24. The zero-order valence-corrected chi connectivity index (χ0v) is 6.53. The molecule has 1 aliphatic rings. The Balaban J connectivity index is 2.45. The van der Waals surface area contributed by atoms with Crippen LogP contribution in [0.15, 0.2) is 12.2 Å². The maximum absolute atomic E-state index is 10.4. The van der Waals surface area contributed by atoms with E-state index in [9.17, 15) is 10.1 Å². The third kappa shape index (κ3) is 2.70. The zero-order chi connectivity index (χ0) is 8.10. The summed E-state index contributed by atoms with van der Waals surface area (Å²) in [5, 5.41) is 10.4. The molecule has 3 heteroatoms. The zero-order valence-electron chi connectivity index (χ0n) is 6.53. The van der Waals surface area contributed by atoms with Gasteiger partial charge in [-0.1, -0.05) is 12.2 Å². The van der Waals surface area contributed by atoms with Gasteiger partial charge in [0.05, 0.1) is 0 Å². The normalized spacial score (nSPS) is 28.5. The predicted molar refractivity (Wildman–Crippen MR) is 43.0 cm³/mol. The van der Waals surface area contributed by atoms with Gasteiger partial charge in [-0.05, 0) is 19.3 Å². The van der Waals surface area contributed by atoms with E-state index in [-0.39, 0.29) is 11.0 Å². The second-order valence-corrected chi connectivity index (χ2v) is 2.93. The Kier molecular flexibility index (Phi) is 3.08. The number of nitrogens with zero attached hydrogens (tertiary/aromatic N) is 1. The van der Waals surface area contributed by atoms with Gasteiger partial charge in [-0.25, -0.2) is 0 Å². The van der Waals surface area contributed by atoms with Crippen molar-refractivity contribution >= 4 is 0 Å². The summed E-state index contributed by atoms with van der Waals surface area (Å²) in [4.78, 5) is 10.2. The second kappa shape index (κ2) is 4.11. The molecule has 3 nitrogen and oxygen atoms in total. The summed E-state index contributed by atoms with van der Waals surface area (Å²) in [6, 6.07) is -0.327.